The lowest BCUT2D eigenvalue weighted by molar-refractivity contribution is -0.113. The molecule has 33 heavy (non-hydrogen) atoms. The minimum Gasteiger partial charge on any atom is -0.325 e. The molecule has 4 aromatic rings. The molecule has 0 spiro atoms. The SMILES string of the molecule is CCc1cccc(NC(=O)CSc2nc3nc(C)c(Cc4cc(C)ccc4C)c(C)n3n2)c1. The zero-order valence-electron chi connectivity index (χ0n) is 19.8. The molecule has 2 aromatic carbocycles. The highest BCUT2D eigenvalue weighted by atomic mass is 32.2. The van der Waals surface area contributed by atoms with Gasteiger partial charge in [0.25, 0.3) is 5.78 Å². The zero-order valence-corrected chi connectivity index (χ0v) is 20.6. The molecule has 170 valence electrons. The number of thioether (sulfide) groups is 1. The van der Waals surface area contributed by atoms with Gasteiger partial charge in [0.1, 0.15) is 0 Å². The Balaban J connectivity index is 1.50. The maximum atomic E-state index is 12.4. The Morgan fingerprint density at radius 2 is 1.88 bits per heavy atom. The van der Waals surface area contributed by atoms with Crippen molar-refractivity contribution in [1.82, 2.24) is 19.6 Å². The van der Waals surface area contributed by atoms with Crippen LogP contribution >= 0.6 is 11.8 Å². The highest BCUT2D eigenvalue weighted by molar-refractivity contribution is 7.99. The van der Waals surface area contributed by atoms with Crippen LogP contribution in [-0.2, 0) is 17.6 Å². The van der Waals surface area contributed by atoms with Gasteiger partial charge in [0.05, 0.1) is 5.75 Å². The first-order valence-corrected chi connectivity index (χ1v) is 12.1. The third kappa shape index (κ3) is 5.25. The van der Waals surface area contributed by atoms with Gasteiger partial charge in [-0.05, 0) is 68.5 Å². The first-order valence-electron chi connectivity index (χ1n) is 11.1. The van der Waals surface area contributed by atoms with Crippen molar-refractivity contribution in [2.24, 2.45) is 0 Å². The van der Waals surface area contributed by atoms with Crippen LogP contribution in [0.5, 0.6) is 0 Å². The number of fused-ring (bicyclic) bond motifs is 1. The molecule has 0 fully saturated rings. The standard InChI is InChI=1S/C26H29N5OS/c1-6-20-8-7-9-22(13-20)28-24(32)15-33-26-29-25-27-18(4)23(19(5)31(25)30-26)14-21-12-16(2)10-11-17(21)3/h7-13H,6,14-15H2,1-5H3,(H,28,32). The number of aromatic nitrogens is 4. The minimum absolute atomic E-state index is 0.0800. The second-order valence-corrected chi connectivity index (χ2v) is 9.31. The Bertz CT molecular complexity index is 1330. The van der Waals surface area contributed by atoms with Gasteiger partial charge in [-0.3, -0.25) is 4.79 Å². The summed E-state index contributed by atoms with van der Waals surface area (Å²) in [6, 6.07) is 14.4. The van der Waals surface area contributed by atoms with E-state index in [0.29, 0.717) is 10.9 Å². The lowest BCUT2D eigenvalue weighted by atomic mass is 9.97. The van der Waals surface area contributed by atoms with Crippen LogP contribution in [-0.4, -0.2) is 31.2 Å². The Morgan fingerprint density at radius 3 is 2.67 bits per heavy atom. The van der Waals surface area contributed by atoms with Crippen molar-refractivity contribution in [3.05, 3.63) is 81.7 Å². The molecular formula is C26H29N5OS. The number of carbonyl (C=O) groups is 1. The average Bonchev–Trinajstić information content (AvgIpc) is 3.20. The highest BCUT2D eigenvalue weighted by Crippen LogP contribution is 2.23. The fourth-order valence-electron chi connectivity index (χ4n) is 3.88. The largest absolute Gasteiger partial charge is 0.325 e. The summed E-state index contributed by atoms with van der Waals surface area (Å²) in [4.78, 5) is 21.7. The van der Waals surface area contributed by atoms with Crippen molar-refractivity contribution in [2.45, 2.75) is 52.6 Å². The molecule has 0 aliphatic carbocycles. The number of rotatable bonds is 7. The molecular weight excluding hydrogens is 430 g/mol. The summed E-state index contributed by atoms with van der Waals surface area (Å²) in [5.41, 5.74) is 8.95. The zero-order chi connectivity index (χ0) is 23.5. The normalized spacial score (nSPS) is 11.2. The molecule has 0 unspecified atom stereocenters. The Labute approximate surface area is 198 Å². The van der Waals surface area contributed by atoms with Gasteiger partial charge in [-0.25, -0.2) is 9.50 Å². The molecule has 0 bridgehead atoms. The van der Waals surface area contributed by atoms with Crippen LogP contribution in [0.15, 0.2) is 47.6 Å². The minimum atomic E-state index is -0.0800. The number of anilines is 1. The number of benzene rings is 2. The van der Waals surface area contributed by atoms with Crippen LogP contribution < -0.4 is 5.32 Å². The number of nitrogens with zero attached hydrogens (tertiary/aromatic N) is 4. The van der Waals surface area contributed by atoms with Crippen LogP contribution in [0, 0.1) is 27.7 Å². The number of hydrogen-bond acceptors (Lipinski definition) is 5. The van der Waals surface area contributed by atoms with Crippen LogP contribution in [0.4, 0.5) is 5.69 Å². The van der Waals surface area contributed by atoms with E-state index < -0.39 is 0 Å². The first kappa shape index (κ1) is 23.0. The highest BCUT2D eigenvalue weighted by Gasteiger charge is 2.16. The van der Waals surface area contributed by atoms with Gasteiger partial charge < -0.3 is 5.32 Å². The van der Waals surface area contributed by atoms with E-state index in [1.807, 2.05) is 25.1 Å². The molecule has 4 rings (SSSR count). The fraction of sp³-hybridized carbons (Fsp3) is 0.308. The molecule has 7 heteroatoms. The van der Waals surface area contributed by atoms with Gasteiger partial charge in [-0.2, -0.15) is 4.98 Å². The summed E-state index contributed by atoms with van der Waals surface area (Å²) in [6.45, 7) is 10.4. The van der Waals surface area contributed by atoms with Crippen molar-refractivity contribution in [1.29, 1.82) is 0 Å². The molecule has 1 amide bonds. The summed E-state index contributed by atoms with van der Waals surface area (Å²) in [6.07, 6.45) is 1.73. The first-order chi connectivity index (χ1) is 15.8. The van der Waals surface area contributed by atoms with Crippen LogP contribution in [0.1, 0.15) is 46.1 Å². The third-order valence-electron chi connectivity index (χ3n) is 5.85. The summed E-state index contributed by atoms with van der Waals surface area (Å²) < 4.78 is 1.79. The van der Waals surface area contributed by atoms with Crippen LogP contribution in [0.3, 0.4) is 0 Å². The van der Waals surface area contributed by atoms with E-state index in [2.05, 4.69) is 67.4 Å². The van der Waals surface area contributed by atoms with E-state index in [1.165, 1.54) is 34.0 Å². The number of carbonyl (C=O) groups excluding carboxylic acids is 1. The molecule has 0 atom stereocenters. The monoisotopic (exact) mass is 459 g/mol. The van der Waals surface area contributed by atoms with Gasteiger partial charge in [0, 0.05) is 23.5 Å². The molecule has 2 heterocycles. The molecule has 6 nitrogen and oxygen atoms in total. The number of aryl methyl sites for hydroxylation is 5. The van der Waals surface area contributed by atoms with E-state index >= 15 is 0 Å². The predicted octanol–water partition coefficient (Wildman–Crippen LogP) is 5.24. The van der Waals surface area contributed by atoms with E-state index in [4.69, 9.17) is 4.98 Å². The van der Waals surface area contributed by atoms with E-state index in [-0.39, 0.29) is 11.7 Å². The van der Waals surface area contributed by atoms with Crippen molar-refractivity contribution in [2.75, 3.05) is 11.1 Å². The number of nitrogens with one attached hydrogen (secondary N) is 1. The lowest BCUT2D eigenvalue weighted by Crippen LogP contribution is -2.14. The topological polar surface area (TPSA) is 72.2 Å². The fourth-order valence-corrected chi connectivity index (χ4v) is 4.50. The maximum Gasteiger partial charge on any atom is 0.253 e. The molecule has 0 aliphatic heterocycles. The molecule has 2 aromatic heterocycles. The van der Waals surface area contributed by atoms with E-state index in [1.54, 1.807) is 4.52 Å². The van der Waals surface area contributed by atoms with Crippen molar-refractivity contribution < 1.29 is 4.79 Å². The van der Waals surface area contributed by atoms with Crippen molar-refractivity contribution in [3.63, 3.8) is 0 Å². The lowest BCUT2D eigenvalue weighted by Gasteiger charge is -2.12. The summed E-state index contributed by atoms with van der Waals surface area (Å²) in [5.74, 6) is 0.720. The van der Waals surface area contributed by atoms with Crippen LogP contribution in [0.2, 0.25) is 0 Å². The second-order valence-electron chi connectivity index (χ2n) is 8.36. The van der Waals surface area contributed by atoms with E-state index in [9.17, 15) is 4.79 Å². The summed E-state index contributed by atoms with van der Waals surface area (Å²) in [5, 5.41) is 8.13. The number of hydrogen-bond donors (Lipinski definition) is 1. The Morgan fingerprint density at radius 1 is 1.06 bits per heavy atom. The van der Waals surface area contributed by atoms with Gasteiger partial charge >= 0.3 is 0 Å². The van der Waals surface area contributed by atoms with Gasteiger partial charge in [-0.15, -0.1) is 5.10 Å². The Hall–Kier alpha value is -3.19. The van der Waals surface area contributed by atoms with Gasteiger partial charge in [0.2, 0.25) is 11.1 Å². The van der Waals surface area contributed by atoms with Crippen LogP contribution in [0.25, 0.3) is 5.78 Å². The molecule has 1 N–H and O–H groups in total. The predicted molar refractivity (Wildman–Crippen MR) is 134 cm³/mol. The number of amides is 1. The van der Waals surface area contributed by atoms with Gasteiger partial charge in [0.15, 0.2) is 0 Å². The summed E-state index contributed by atoms with van der Waals surface area (Å²) in [7, 11) is 0. The molecule has 0 aliphatic rings. The van der Waals surface area contributed by atoms with Gasteiger partial charge in [-0.1, -0.05) is 54.6 Å². The third-order valence-corrected chi connectivity index (χ3v) is 6.69. The maximum absolute atomic E-state index is 12.4. The quantitative estimate of drug-likeness (QED) is 0.383. The smallest absolute Gasteiger partial charge is 0.253 e. The second kappa shape index (κ2) is 9.75. The van der Waals surface area contributed by atoms with Crippen molar-refractivity contribution in [3.8, 4) is 0 Å². The summed E-state index contributed by atoms with van der Waals surface area (Å²) >= 11 is 1.32. The molecule has 0 saturated carbocycles. The Kier molecular flexibility index (Phi) is 6.79. The average molecular weight is 460 g/mol. The molecule has 0 radical (unpaired) electrons. The van der Waals surface area contributed by atoms with Crippen molar-refractivity contribution >= 4 is 29.1 Å². The molecule has 0 saturated heterocycles. The van der Waals surface area contributed by atoms with E-state index in [0.717, 1.165) is 35.5 Å².